The van der Waals surface area contributed by atoms with E-state index in [2.05, 4.69) is 31.5 Å². The number of thiocarbonyl (C=S) groups is 1. The Bertz CT molecular complexity index is 631. The minimum atomic E-state index is -0.309. The number of hydrogen-bond acceptors (Lipinski definition) is 3. The molecular formula is C13H9BrClN3OS. The first-order valence-corrected chi connectivity index (χ1v) is 7.12. The van der Waals surface area contributed by atoms with Crippen molar-refractivity contribution in [3.63, 3.8) is 0 Å². The first-order valence-electron chi connectivity index (χ1n) is 5.54. The lowest BCUT2D eigenvalue weighted by Gasteiger charge is -2.08. The van der Waals surface area contributed by atoms with Crippen LogP contribution in [0.4, 0.5) is 5.82 Å². The first-order chi connectivity index (χ1) is 9.54. The third-order valence-corrected chi connectivity index (χ3v) is 3.23. The predicted molar refractivity (Wildman–Crippen MR) is 87.1 cm³/mol. The number of amides is 1. The minimum Gasteiger partial charge on any atom is -0.317 e. The fourth-order valence-corrected chi connectivity index (χ4v) is 1.93. The minimum absolute atomic E-state index is 0.180. The largest absolute Gasteiger partial charge is 0.317 e. The van der Waals surface area contributed by atoms with Gasteiger partial charge in [-0.3, -0.25) is 10.1 Å². The molecule has 0 atom stereocenters. The van der Waals surface area contributed by atoms with E-state index in [0.29, 0.717) is 16.4 Å². The van der Waals surface area contributed by atoms with E-state index in [4.69, 9.17) is 23.8 Å². The molecule has 1 heterocycles. The predicted octanol–water partition coefficient (Wildman–Crippen LogP) is 3.62. The van der Waals surface area contributed by atoms with Crippen LogP contribution in [-0.4, -0.2) is 16.0 Å². The van der Waals surface area contributed by atoms with Gasteiger partial charge in [-0.25, -0.2) is 4.98 Å². The van der Waals surface area contributed by atoms with Crippen LogP contribution in [0.3, 0.4) is 0 Å². The lowest BCUT2D eigenvalue weighted by atomic mass is 10.2. The first kappa shape index (κ1) is 14.9. The van der Waals surface area contributed by atoms with Crippen LogP contribution >= 0.6 is 39.7 Å². The molecule has 0 fully saturated rings. The summed E-state index contributed by atoms with van der Waals surface area (Å²) in [5.74, 6) is 0.242. The summed E-state index contributed by atoms with van der Waals surface area (Å²) >= 11 is 14.1. The molecule has 2 N–H and O–H groups in total. The maximum atomic E-state index is 11.9. The van der Waals surface area contributed by atoms with Crippen LogP contribution < -0.4 is 10.6 Å². The Balaban J connectivity index is 1.95. The number of pyridine rings is 1. The molecule has 0 aliphatic carbocycles. The van der Waals surface area contributed by atoms with E-state index in [1.54, 1.807) is 36.5 Å². The Kier molecular flexibility index (Phi) is 5.05. The fraction of sp³-hybridized carbons (Fsp3) is 0. The Morgan fingerprint density at radius 2 is 1.90 bits per heavy atom. The molecule has 1 aromatic carbocycles. The van der Waals surface area contributed by atoms with E-state index < -0.39 is 0 Å². The zero-order valence-electron chi connectivity index (χ0n) is 10.1. The summed E-state index contributed by atoms with van der Waals surface area (Å²) in [5, 5.41) is 6.14. The third-order valence-electron chi connectivity index (χ3n) is 2.30. The summed E-state index contributed by atoms with van der Waals surface area (Å²) in [6.07, 6.45) is 1.63. The topological polar surface area (TPSA) is 54.0 Å². The van der Waals surface area contributed by atoms with Gasteiger partial charge in [-0.1, -0.05) is 11.6 Å². The molecule has 0 aliphatic heterocycles. The molecule has 0 unspecified atom stereocenters. The van der Waals surface area contributed by atoms with Crippen LogP contribution in [0.25, 0.3) is 0 Å². The highest BCUT2D eigenvalue weighted by Crippen LogP contribution is 2.11. The molecular weight excluding hydrogens is 362 g/mol. The quantitative estimate of drug-likeness (QED) is 0.793. The summed E-state index contributed by atoms with van der Waals surface area (Å²) in [4.78, 5) is 16.0. The molecule has 0 saturated heterocycles. The van der Waals surface area contributed by atoms with E-state index in [-0.39, 0.29) is 11.0 Å². The van der Waals surface area contributed by atoms with Crippen LogP contribution in [0.2, 0.25) is 5.02 Å². The molecule has 0 radical (unpaired) electrons. The molecule has 2 aromatic rings. The van der Waals surface area contributed by atoms with Crippen molar-refractivity contribution in [2.75, 3.05) is 5.32 Å². The Labute approximate surface area is 134 Å². The second-order valence-corrected chi connectivity index (χ2v) is 5.54. The highest BCUT2D eigenvalue weighted by Gasteiger charge is 2.08. The van der Waals surface area contributed by atoms with Crippen molar-refractivity contribution < 1.29 is 4.79 Å². The fourth-order valence-electron chi connectivity index (χ4n) is 1.37. The van der Waals surface area contributed by atoms with Crippen molar-refractivity contribution in [1.29, 1.82) is 0 Å². The van der Waals surface area contributed by atoms with Gasteiger partial charge in [0.1, 0.15) is 5.82 Å². The molecule has 0 saturated carbocycles. The number of nitrogens with one attached hydrogen (secondary N) is 2. The maximum absolute atomic E-state index is 11.9. The standard InChI is InChI=1S/C13H9BrClN3OS/c14-9-3-6-11(16-7-9)17-13(20)18-12(19)8-1-4-10(15)5-2-8/h1-7H,(H2,16,17,18,19,20). The SMILES string of the molecule is O=C(NC(=S)Nc1ccc(Br)cn1)c1ccc(Cl)cc1. The summed E-state index contributed by atoms with van der Waals surface area (Å²) in [7, 11) is 0. The molecule has 102 valence electrons. The zero-order valence-corrected chi connectivity index (χ0v) is 13.2. The summed E-state index contributed by atoms with van der Waals surface area (Å²) in [6.45, 7) is 0. The Hall–Kier alpha value is -1.50. The Morgan fingerprint density at radius 1 is 1.20 bits per heavy atom. The molecule has 20 heavy (non-hydrogen) atoms. The summed E-state index contributed by atoms with van der Waals surface area (Å²) < 4.78 is 0.860. The van der Waals surface area contributed by atoms with E-state index in [0.717, 1.165) is 4.47 Å². The van der Waals surface area contributed by atoms with Gasteiger partial charge in [0.2, 0.25) is 0 Å². The lowest BCUT2D eigenvalue weighted by Crippen LogP contribution is -2.34. The van der Waals surface area contributed by atoms with Gasteiger partial charge in [-0.2, -0.15) is 0 Å². The summed E-state index contributed by atoms with van der Waals surface area (Å²) in [5.41, 5.74) is 0.474. The number of carbonyl (C=O) groups is 1. The van der Waals surface area contributed by atoms with Gasteiger partial charge in [0, 0.05) is 21.3 Å². The number of halogens is 2. The second-order valence-electron chi connectivity index (χ2n) is 3.78. The number of nitrogens with zero attached hydrogens (tertiary/aromatic N) is 1. The Morgan fingerprint density at radius 3 is 2.50 bits per heavy atom. The van der Waals surface area contributed by atoms with Crippen molar-refractivity contribution in [1.82, 2.24) is 10.3 Å². The van der Waals surface area contributed by atoms with Crippen LogP contribution in [0.1, 0.15) is 10.4 Å². The molecule has 7 heteroatoms. The van der Waals surface area contributed by atoms with Crippen molar-refractivity contribution in [2.24, 2.45) is 0 Å². The van der Waals surface area contributed by atoms with Crippen LogP contribution in [-0.2, 0) is 0 Å². The monoisotopic (exact) mass is 369 g/mol. The van der Waals surface area contributed by atoms with Crippen LogP contribution in [0, 0.1) is 0 Å². The number of benzene rings is 1. The van der Waals surface area contributed by atoms with Gasteiger partial charge >= 0.3 is 0 Å². The van der Waals surface area contributed by atoms with E-state index in [9.17, 15) is 4.79 Å². The van der Waals surface area contributed by atoms with E-state index in [1.807, 2.05) is 6.07 Å². The average Bonchev–Trinajstić information content (AvgIpc) is 2.42. The van der Waals surface area contributed by atoms with Gasteiger partial charge in [0.05, 0.1) is 0 Å². The van der Waals surface area contributed by atoms with Gasteiger partial charge in [0.15, 0.2) is 5.11 Å². The van der Waals surface area contributed by atoms with Gasteiger partial charge in [-0.05, 0) is 64.5 Å². The normalized spacial score (nSPS) is 9.90. The molecule has 2 rings (SSSR count). The lowest BCUT2D eigenvalue weighted by molar-refractivity contribution is 0.0978. The molecule has 4 nitrogen and oxygen atoms in total. The van der Waals surface area contributed by atoms with Crippen LogP contribution in [0.15, 0.2) is 47.1 Å². The highest BCUT2D eigenvalue weighted by atomic mass is 79.9. The maximum Gasteiger partial charge on any atom is 0.257 e. The van der Waals surface area contributed by atoms with E-state index in [1.165, 1.54) is 0 Å². The van der Waals surface area contributed by atoms with E-state index >= 15 is 0 Å². The van der Waals surface area contributed by atoms with Crippen molar-refractivity contribution in [2.45, 2.75) is 0 Å². The van der Waals surface area contributed by atoms with Crippen molar-refractivity contribution >= 4 is 56.6 Å². The van der Waals surface area contributed by atoms with Gasteiger partial charge in [0.25, 0.3) is 5.91 Å². The number of carbonyl (C=O) groups excluding carboxylic acids is 1. The van der Waals surface area contributed by atoms with Crippen LogP contribution in [0.5, 0.6) is 0 Å². The van der Waals surface area contributed by atoms with Crippen molar-refractivity contribution in [3.05, 3.63) is 57.7 Å². The highest BCUT2D eigenvalue weighted by molar-refractivity contribution is 9.10. The second kappa shape index (κ2) is 6.78. The zero-order chi connectivity index (χ0) is 14.5. The summed E-state index contributed by atoms with van der Waals surface area (Å²) in [6, 6.07) is 10.1. The van der Waals surface area contributed by atoms with Gasteiger partial charge < -0.3 is 5.32 Å². The number of hydrogen-bond donors (Lipinski definition) is 2. The smallest absolute Gasteiger partial charge is 0.257 e. The number of rotatable bonds is 2. The average molecular weight is 371 g/mol. The molecule has 1 amide bonds. The molecule has 0 bridgehead atoms. The number of anilines is 1. The third kappa shape index (κ3) is 4.26. The van der Waals surface area contributed by atoms with Crippen molar-refractivity contribution in [3.8, 4) is 0 Å². The molecule has 0 spiro atoms. The van der Waals surface area contributed by atoms with Gasteiger partial charge in [-0.15, -0.1) is 0 Å². The number of aromatic nitrogens is 1. The molecule has 1 aromatic heterocycles. The molecule has 0 aliphatic rings.